The molecular formula is C46H29N3O. The minimum absolute atomic E-state index is 0.674. The zero-order valence-electron chi connectivity index (χ0n) is 27.0. The second-order valence-corrected chi connectivity index (χ2v) is 12.6. The largest absolute Gasteiger partial charge is 0.452 e. The maximum atomic E-state index is 6.77. The van der Waals surface area contributed by atoms with Crippen molar-refractivity contribution in [2.75, 3.05) is 0 Å². The van der Waals surface area contributed by atoms with Crippen LogP contribution in [0.4, 0.5) is 0 Å². The van der Waals surface area contributed by atoms with Gasteiger partial charge >= 0.3 is 0 Å². The van der Waals surface area contributed by atoms with Crippen LogP contribution in [0.3, 0.4) is 0 Å². The molecule has 0 saturated carbocycles. The number of para-hydroxylation sites is 1. The fourth-order valence-electron chi connectivity index (χ4n) is 7.23. The fourth-order valence-corrected chi connectivity index (χ4v) is 7.23. The molecule has 234 valence electrons. The summed E-state index contributed by atoms with van der Waals surface area (Å²) >= 11 is 0. The van der Waals surface area contributed by atoms with Crippen molar-refractivity contribution >= 4 is 43.9 Å². The minimum Gasteiger partial charge on any atom is -0.452 e. The first kappa shape index (κ1) is 28.3. The molecule has 0 aliphatic carbocycles. The fraction of sp³-hybridized carbons (Fsp3) is 0. The zero-order valence-corrected chi connectivity index (χ0v) is 27.0. The van der Waals surface area contributed by atoms with Crippen molar-refractivity contribution in [3.8, 4) is 50.6 Å². The first-order valence-corrected chi connectivity index (χ1v) is 16.8. The van der Waals surface area contributed by atoms with Crippen molar-refractivity contribution in [2.45, 2.75) is 0 Å². The molecule has 0 fully saturated rings. The molecule has 10 rings (SSSR count). The van der Waals surface area contributed by atoms with Gasteiger partial charge in [0.2, 0.25) is 0 Å². The molecule has 4 nitrogen and oxygen atoms in total. The average Bonchev–Trinajstić information content (AvgIpc) is 3.72. The summed E-state index contributed by atoms with van der Waals surface area (Å²) in [5.74, 6) is 0.674. The minimum atomic E-state index is 0.674. The normalized spacial score (nSPS) is 11.6. The molecule has 0 bridgehead atoms. The van der Waals surface area contributed by atoms with E-state index in [2.05, 4.69) is 144 Å². The lowest BCUT2D eigenvalue weighted by Gasteiger charge is -2.14. The van der Waals surface area contributed by atoms with Gasteiger partial charge < -0.3 is 8.98 Å². The molecule has 0 unspecified atom stereocenters. The summed E-state index contributed by atoms with van der Waals surface area (Å²) in [7, 11) is 0. The van der Waals surface area contributed by atoms with Crippen molar-refractivity contribution in [1.82, 2.24) is 14.5 Å². The number of hydrogen-bond acceptors (Lipinski definition) is 3. The van der Waals surface area contributed by atoms with Crippen LogP contribution < -0.4 is 0 Å². The smallest absolute Gasteiger partial charge is 0.180 e. The van der Waals surface area contributed by atoms with Crippen molar-refractivity contribution in [3.63, 3.8) is 0 Å². The molecule has 4 heteroatoms. The molecule has 0 atom stereocenters. The Morgan fingerprint density at radius 3 is 1.60 bits per heavy atom. The van der Waals surface area contributed by atoms with Crippen LogP contribution in [0.5, 0.6) is 0 Å². The lowest BCUT2D eigenvalue weighted by Crippen LogP contribution is -1.96. The van der Waals surface area contributed by atoms with Gasteiger partial charge in [-0.1, -0.05) is 140 Å². The number of hydrogen-bond donors (Lipinski definition) is 0. The Kier molecular flexibility index (Phi) is 6.46. The molecule has 10 aromatic rings. The molecule has 0 N–H and O–H groups in total. The number of benzene rings is 7. The van der Waals surface area contributed by atoms with E-state index in [0.29, 0.717) is 11.4 Å². The SMILES string of the molecule is c1ccc(-c2cc(-c3ccccc3)cc(-n3c4ccccc4c4cc5c(cc43)oc3c(-c4ccccc4)nc(-c4ccccc4)nc35)c2)cc1. The third kappa shape index (κ3) is 4.61. The lowest BCUT2D eigenvalue weighted by atomic mass is 9.98. The average molecular weight is 640 g/mol. The van der Waals surface area contributed by atoms with Gasteiger partial charge in [-0.2, -0.15) is 0 Å². The summed E-state index contributed by atoms with van der Waals surface area (Å²) in [6.07, 6.45) is 0. The second-order valence-electron chi connectivity index (χ2n) is 12.6. The van der Waals surface area contributed by atoms with Crippen LogP contribution in [0.15, 0.2) is 180 Å². The van der Waals surface area contributed by atoms with Gasteiger partial charge in [0, 0.05) is 39.0 Å². The van der Waals surface area contributed by atoms with Gasteiger partial charge in [0.15, 0.2) is 11.4 Å². The van der Waals surface area contributed by atoms with E-state index >= 15 is 0 Å². The Hall–Kier alpha value is -6.78. The van der Waals surface area contributed by atoms with E-state index in [4.69, 9.17) is 14.4 Å². The molecule has 0 radical (unpaired) electrons. The number of nitrogens with zero attached hydrogens (tertiary/aromatic N) is 3. The van der Waals surface area contributed by atoms with E-state index in [-0.39, 0.29) is 0 Å². The van der Waals surface area contributed by atoms with Crippen molar-refractivity contribution in [3.05, 3.63) is 176 Å². The maximum Gasteiger partial charge on any atom is 0.180 e. The summed E-state index contributed by atoms with van der Waals surface area (Å²) < 4.78 is 9.14. The second kappa shape index (κ2) is 11.4. The molecule has 50 heavy (non-hydrogen) atoms. The molecule has 0 amide bonds. The molecule has 0 aliphatic rings. The molecular weight excluding hydrogens is 611 g/mol. The van der Waals surface area contributed by atoms with Crippen LogP contribution >= 0.6 is 0 Å². The summed E-state index contributed by atoms with van der Waals surface area (Å²) in [5.41, 5.74) is 13.0. The van der Waals surface area contributed by atoms with Crippen molar-refractivity contribution in [2.24, 2.45) is 0 Å². The summed E-state index contributed by atoms with van der Waals surface area (Å²) in [5, 5.41) is 3.28. The Labute approximate surface area is 288 Å². The van der Waals surface area contributed by atoms with Gasteiger partial charge in [-0.05, 0) is 52.6 Å². The highest BCUT2D eigenvalue weighted by atomic mass is 16.3. The predicted octanol–water partition coefficient (Wildman–Crippen LogP) is 12.1. The van der Waals surface area contributed by atoms with Crippen LogP contribution in [0.1, 0.15) is 0 Å². The number of fused-ring (bicyclic) bond motifs is 6. The topological polar surface area (TPSA) is 43.9 Å². The van der Waals surface area contributed by atoms with E-state index in [9.17, 15) is 0 Å². The Morgan fingerprint density at radius 1 is 0.400 bits per heavy atom. The van der Waals surface area contributed by atoms with Crippen LogP contribution in [-0.2, 0) is 0 Å². The van der Waals surface area contributed by atoms with E-state index in [1.165, 1.54) is 16.5 Å². The van der Waals surface area contributed by atoms with Crippen LogP contribution in [0.25, 0.3) is 94.5 Å². The van der Waals surface area contributed by atoms with E-state index in [1.807, 2.05) is 36.4 Å². The third-order valence-electron chi connectivity index (χ3n) is 9.58. The maximum absolute atomic E-state index is 6.77. The summed E-state index contributed by atoms with van der Waals surface area (Å²) in [6.45, 7) is 0. The van der Waals surface area contributed by atoms with Crippen molar-refractivity contribution in [1.29, 1.82) is 0 Å². The standard InChI is InChI=1S/C46H29N3O/c1-5-15-30(16-6-1)34-25-35(31-17-7-2-8-18-31)27-36(26-34)49-40-24-14-13-23-37(40)38-28-39-42(29-41(38)49)50-45-43(32-19-9-3-10-20-32)47-46(48-44(39)45)33-21-11-4-12-22-33/h1-29H. The molecule has 0 aliphatic heterocycles. The molecule has 0 saturated heterocycles. The van der Waals surface area contributed by atoms with E-state index in [1.54, 1.807) is 0 Å². The Morgan fingerprint density at radius 2 is 0.960 bits per heavy atom. The number of aromatic nitrogens is 3. The predicted molar refractivity (Wildman–Crippen MR) is 205 cm³/mol. The van der Waals surface area contributed by atoms with Crippen molar-refractivity contribution < 1.29 is 4.42 Å². The highest BCUT2D eigenvalue weighted by Crippen LogP contribution is 2.41. The van der Waals surface area contributed by atoms with Crippen LogP contribution in [-0.4, -0.2) is 14.5 Å². The van der Waals surface area contributed by atoms with Crippen LogP contribution in [0.2, 0.25) is 0 Å². The van der Waals surface area contributed by atoms with Gasteiger partial charge in [0.1, 0.15) is 16.8 Å². The summed E-state index contributed by atoms with van der Waals surface area (Å²) in [4.78, 5) is 10.2. The first-order valence-electron chi connectivity index (χ1n) is 16.8. The zero-order chi connectivity index (χ0) is 33.0. The van der Waals surface area contributed by atoms with Crippen LogP contribution in [0, 0.1) is 0 Å². The van der Waals surface area contributed by atoms with Gasteiger partial charge in [-0.15, -0.1) is 0 Å². The van der Waals surface area contributed by atoms with Gasteiger partial charge in [-0.3, -0.25) is 0 Å². The molecule has 0 spiro atoms. The Bertz CT molecular complexity index is 2780. The highest BCUT2D eigenvalue weighted by Gasteiger charge is 2.21. The number of rotatable bonds is 5. The quantitative estimate of drug-likeness (QED) is 0.188. The van der Waals surface area contributed by atoms with Gasteiger partial charge in [-0.25, -0.2) is 9.97 Å². The number of furan rings is 1. The van der Waals surface area contributed by atoms with E-state index < -0.39 is 0 Å². The molecule has 7 aromatic carbocycles. The van der Waals surface area contributed by atoms with Gasteiger partial charge in [0.25, 0.3) is 0 Å². The monoisotopic (exact) mass is 639 g/mol. The summed E-state index contributed by atoms with van der Waals surface area (Å²) in [6, 6.07) is 61.5. The van der Waals surface area contributed by atoms with Gasteiger partial charge in [0.05, 0.1) is 11.0 Å². The third-order valence-corrected chi connectivity index (χ3v) is 9.58. The van der Waals surface area contributed by atoms with E-state index in [0.717, 1.165) is 66.5 Å². The molecule has 3 heterocycles. The lowest BCUT2D eigenvalue weighted by molar-refractivity contribution is 0.667. The Balaban J connectivity index is 1.28. The first-order chi connectivity index (χ1) is 24.8. The highest BCUT2D eigenvalue weighted by molar-refractivity contribution is 6.17. The molecule has 3 aromatic heterocycles.